The third-order valence-electron chi connectivity index (χ3n) is 2.23. The topological polar surface area (TPSA) is 76.0 Å². The Morgan fingerprint density at radius 1 is 1.12 bits per heavy atom. The van der Waals surface area contributed by atoms with E-state index >= 15 is 0 Å². The lowest BCUT2D eigenvalue weighted by atomic mass is 10.1. The Labute approximate surface area is 91.7 Å². The lowest BCUT2D eigenvalue weighted by Gasteiger charge is -2.02. The lowest BCUT2D eigenvalue weighted by molar-refractivity contribution is 0.100. The zero-order valence-electron chi connectivity index (χ0n) is 8.44. The smallest absolute Gasteiger partial charge is 0.248 e. The van der Waals surface area contributed by atoms with Crippen LogP contribution in [0.3, 0.4) is 0 Å². The van der Waals surface area contributed by atoms with Gasteiger partial charge in [0.05, 0.1) is 0 Å². The first kappa shape index (κ1) is 10.2. The molecule has 1 amide bonds. The number of aromatic nitrogens is 1. The fourth-order valence-electron chi connectivity index (χ4n) is 1.46. The molecule has 0 bridgehead atoms. The molecule has 1 aromatic carbocycles. The van der Waals surface area contributed by atoms with Crippen LogP contribution < -0.4 is 11.3 Å². The number of nitrogens with two attached hydrogens (primary N) is 1. The number of rotatable bonds is 2. The van der Waals surface area contributed by atoms with Gasteiger partial charge in [0.25, 0.3) is 0 Å². The van der Waals surface area contributed by atoms with Gasteiger partial charge in [0.15, 0.2) is 0 Å². The molecule has 0 aliphatic rings. The molecule has 0 unspecified atom stereocenters. The fraction of sp³-hybridized carbons (Fsp3) is 0. The molecule has 1 aromatic heterocycles. The summed E-state index contributed by atoms with van der Waals surface area (Å²) in [5.41, 5.74) is 6.84. The molecule has 80 valence electrons. The Balaban J connectivity index is 2.52. The van der Waals surface area contributed by atoms with E-state index in [0.29, 0.717) is 11.3 Å². The maximum absolute atomic E-state index is 11.1. The molecule has 0 fully saturated rings. The second-order valence-corrected chi connectivity index (χ2v) is 3.37. The Morgan fingerprint density at radius 3 is 2.56 bits per heavy atom. The van der Waals surface area contributed by atoms with E-state index in [2.05, 4.69) is 4.98 Å². The molecule has 2 rings (SSSR count). The first-order valence-electron chi connectivity index (χ1n) is 4.76. The molecule has 0 saturated heterocycles. The second kappa shape index (κ2) is 4.02. The molecule has 3 N–H and O–H groups in total. The number of hydrogen-bond acceptors (Lipinski definition) is 2. The molecule has 0 spiro atoms. The van der Waals surface area contributed by atoms with Crippen molar-refractivity contribution in [3.63, 3.8) is 0 Å². The van der Waals surface area contributed by atoms with Crippen molar-refractivity contribution in [2.45, 2.75) is 0 Å². The molecule has 4 heteroatoms. The van der Waals surface area contributed by atoms with Crippen LogP contribution >= 0.6 is 0 Å². The highest BCUT2D eigenvalue weighted by atomic mass is 16.1. The number of carbonyl (C=O) groups excluding carboxylic acids is 1. The maximum atomic E-state index is 11.1. The number of benzene rings is 1. The van der Waals surface area contributed by atoms with E-state index in [9.17, 15) is 9.59 Å². The maximum Gasteiger partial charge on any atom is 0.248 e. The van der Waals surface area contributed by atoms with Crippen molar-refractivity contribution in [1.29, 1.82) is 0 Å². The summed E-state index contributed by atoms with van der Waals surface area (Å²) in [6.07, 6.45) is 0. The van der Waals surface area contributed by atoms with E-state index in [4.69, 9.17) is 5.73 Å². The van der Waals surface area contributed by atoms with Crippen molar-refractivity contribution in [2.24, 2.45) is 5.73 Å². The van der Waals surface area contributed by atoms with Crippen LogP contribution in [-0.2, 0) is 0 Å². The normalized spacial score (nSPS) is 10.0. The highest BCUT2D eigenvalue weighted by Gasteiger charge is 2.03. The first-order chi connectivity index (χ1) is 7.66. The third kappa shape index (κ3) is 2.00. The van der Waals surface area contributed by atoms with Gasteiger partial charge >= 0.3 is 0 Å². The van der Waals surface area contributed by atoms with Crippen LogP contribution in [-0.4, -0.2) is 10.9 Å². The number of aromatic amines is 1. The van der Waals surface area contributed by atoms with E-state index in [1.807, 2.05) is 0 Å². The summed E-state index contributed by atoms with van der Waals surface area (Å²) in [6.45, 7) is 0. The lowest BCUT2D eigenvalue weighted by Crippen LogP contribution is -2.11. The van der Waals surface area contributed by atoms with Gasteiger partial charge < -0.3 is 10.7 Å². The van der Waals surface area contributed by atoms with Crippen LogP contribution in [0.1, 0.15) is 10.4 Å². The van der Waals surface area contributed by atoms with Crippen molar-refractivity contribution >= 4 is 5.91 Å². The Morgan fingerprint density at radius 2 is 1.88 bits per heavy atom. The molecule has 0 radical (unpaired) electrons. The number of primary amides is 1. The van der Waals surface area contributed by atoms with Gasteiger partial charge in [0.1, 0.15) is 0 Å². The number of nitrogens with one attached hydrogen (secondary N) is 1. The summed E-state index contributed by atoms with van der Waals surface area (Å²) in [6, 6.07) is 11.7. The van der Waals surface area contributed by atoms with E-state index in [-0.39, 0.29) is 5.56 Å². The zero-order chi connectivity index (χ0) is 11.5. The largest absolute Gasteiger partial charge is 0.366 e. The van der Waals surface area contributed by atoms with Crippen molar-refractivity contribution in [1.82, 2.24) is 4.98 Å². The minimum atomic E-state index is -0.486. The molecule has 0 aliphatic heterocycles. The predicted octanol–water partition coefficient (Wildman–Crippen LogP) is 1.14. The van der Waals surface area contributed by atoms with Gasteiger partial charge in [0.2, 0.25) is 11.5 Å². The minimum Gasteiger partial charge on any atom is -0.366 e. The molecular weight excluding hydrogens is 204 g/mol. The van der Waals surface area contributed by atoms with E-state index < -0.39 is 5.91 Å². The van der Waals surface area contributed by atoms with Gasteiger partial charge in [-0.05, 0) is 23.8 Å². The standard InChI is InChI=1S/C12H10N2O2/c13-12(16)9-4-1-3-8(7-9)10-5-2-6-11(15)14-10/h1-7H,(H2,13,16)(H,14,15). The van der Waals surface area contributed by atoms with Gasteiger partial charge in [-0.3, -0.25) is 9.59 Å². The number of amides is 1. The first-order valence-corrected chi connectivity index (χ1v) is 4.76. The van der Waals surface area contributed by atoms with Crippen LogP contribution in [0.15, 0.2) is 47.3 Å². The van der Waals surface area contributed by atoms with Crippen LogP contribution in [0.4, 0.5) is 0 Å². The average molecular weight is 214 g/mol. The van der Waals surface area contributed by atoms with Crippen molar-refractivity contribution in [3.05, 3.63) is 58.4 Å². The van der Waals surface area contributed by atoms with Crippen LogP contribution in [0.5, 0.6) is 0 Å². The van der Waals surface area contributed by atoms with E-state index in [0.717, 1.165) is 5.56 Å². The number of carbonyl (C=O) groups is 1. The van der Waals surface area contributed by atoms with Crippen molar-refractivity contribution in [2.75, 3.05) is 0 Å². The summed E-state index contributed by atoms with van der Waals surface area (Å²) in [7, 11) is 0. The monoisotopic (exact) mass is 214 g/mol. The minimum absolute atomic E-state index is 0.179. The highest BCUT2D eigenvalue weighted by Crippen LogP contribution is 2.16. The van der Waals surface area contributed by atoms with Crippen LogP contribution in [0, 0.1) is 0 Å². The molecule has 16 heavy (non-hydrogen) atoms. The van der Waals surface area contributed by atoms with Gasteiger partial charge in [-0.15, -0.1) is 0 Å². The summed E-state index contributed by atoms with van der Waals surface area (Å²) in [5, 5.41) is 0. The molecule has 0 saturated carbocycles. The highest BCUT2D eigenvalue weighted by molar-refractivity contribution is 5.93. The Hall–Kier alpha value is -2.36. The van der Waals surface area contributed by atoms with Gasteiger partial charge in [0, 0.05) is 17.3 Å². The third-order valence-corrected chi connectivity index (χ3v) is 2.23. The van der Waals surface area contributed by atoms with Gasteiger partial charge in [-0.1, -0.05) is 18.2 Å². The molecule has 0 atom stereocenters. The van der Waals surface area contributed by atoms with Crippen LogP contribution in [0.2, 0.25) is 0 Å². The predicted molar refractivity (Wildman–Crippen MR) is 61.0 cm³/mol. The fourth-order valence-corrected chi connectivity index (χ4v) is 1.46. The van der Waals surface area contributed by atoms with Gasteiger partial charge in [-0.25, -0.2) is 0 Å². The number of pyridine rings is 1. The molecular formula is C12H10N2O2. The summed E-state index contributed by atoms with van der Waals surface area (Å²) in [4.78, 5) is 24.8. The summed E-state index contributed by atoms with van der Waals surface area (Å²) < 4.78 is 0. The van der Waals surface area contributed by atoms with Gasteiger partial charge in [-0.2, -0.15) is 0 Å². The molecule has 4 nitrogen and oxygen atoms in total. The molecule has 2 aromatic rings. The zero-order valence-corrected chi connectivity index (χ0v) is 8.44. The number of hydrogen-bond donors (Lipinski definition) is 2. The summed E-state index contributed by atoms with van der Waals surface area (Å²) >= 11 is 0. The van der Waals surface area contributed by atoms with Crippen LogP contribution in [0.25, 0.3) is 11.3 Å². The quantitative estimate of drug-likeness (QED) is 0.786. The molecule has 1 heterocycles. The molecule has 0 aliphatic carbocycles. The second-order valence-electron chi connectivity index (χ2n) is 3.37. The van der Waals surface area contributed by atoms with Crippen molar-refractivity contribution < 1.29 is 4.79 Å². The van der Waals surface area contributed by atoms with E-state index in [1.165, 1.54) is 6.07 Å². The number of H-pyrrole nitrogens is 1. The average Bonchev–Trinajstić information content (AvgIpc) is 2.29. The summed E-state index contributed by atoms with van der Waals surface area (Å²) in [5.74, 6) is -0.486. The Bertz CT molecular complexity index is 587. The SMILES string of the molecule is NC(=O)c1cccc(-c2cccc(=O)[nH]2)c1. The Kier molecular flexibility index (Phi) is 2.55. The van der Waals surface area contributed by atoms with E-state index in [1.54, 1.807) is 36.4 Å². The van der Waals surface area contributed by atoms with Crippen molar-refractivity contribution in [3.8, 4) is 11.3 Å².